The van der Waals surface area contributed by atoms with Crippen LogP contribution in [0.15, 0.2) is 49.0 Å². The van der Waals surface area contributed by atoms with Gasteiger partial charge in [0.15, 0.2) is 5.60 Å². The molecular weight excluding hydrogens is 465 g/mol. The molecule has 9 heteroatoms. The highest BCUT2D eigenvalue weighted by Crippen LogP contribution is 2.39. The maximum atomic E-state index is 13.6. The molecule has 0 radical (unpaired) electrons. The van der Waals surface area contributed by atoms with Gasteiger partial charge in [-0.3, -0.25) is 19.2 Å². The molecule has 0 bridgehead atoms. The molecule has 2 aromatic carbocycles. The minimum absolute atomic E-state index is 0.0825. The molecule has 1 aliphatic rings. The highest BCUT2D eigenvalue weighted by molar-refractivity contribution is 5.91. The molecule has 0 spiro atoms. The van der Waals surface area contributed by atoms with Crippen LogP contribution in [-0.2, 0) is 19.2 Å². The smallest absolute Gasteiger partial charge is 0.257 e. The van der Waals surface area contributed by atoms with Crippen molar-refractivity contribution in [2.75, 3.05) is 25.1 Å². The number of carbonyl (C=O) groups is 3. The quantitative estimate of drug-likeness (QED) is 0.374. The lowest BCUT2D eigenvalue weighted by Gasteiger charge is -2.43. The van der Waals surface area contributed by atoms with E-state index in [-0.39, 0.29) is 36.5 Å². The van der Waals surface area contributed by atoms with Crippen molar-refractivity contribution in [2.45, 2.75) is 44.8 Å². The van der Waals surface area contributed by atoms with Crippen molar-refractivity contribution in [3.8, 4) is 5.75 Å². The van der Waals surface area contributed by atoms with Crippen LogP contribution in [0.5, 0.6) is 5.75 Å². The molecule has 2 amide bonds. The van der Waals surface area contributed by atoms with Gasteiger partial charge in [-0.15, -0.1) is 0 Å². The first-order valence-electron chi connectivity index (χ1n) is 11.7. The van der Waals surface area contributed by atoms with Crippen molar-refractivity contribution in [3.63, 3.8) is 0 Å². The summed E-state index contributed by atoms with van der Waals surface area (Å²) in [7, 11) is 1.46. The van der Waals surface area contributed by atoms with E-state index in [4.69, 9.17) is 15.5 Å². The zero-order chi connectivity index (χ0) is 26.5. The van der Waals surface area contributed by atoms with Crippen molar-refractivity contribution in [1.82, 2.24) is 4.90 Å². The molecule has 8 nitrogen and oxygen atoms in total. The largest absolute Gasteiger partial charge is 0.495 e. The van der Waals surface area contributed by atoms with Crippen LogP contribution in [-0.4, -0.2) is 48.8 Å². The summed E-state index contributed by atoms with van der Waals surface area (Å²) in [6.07, 6.45) is 1.80. The zero-order valence-corrected chi connectivity index (χ0v) is 20.8. The summed E-state index contributed by atoms with van der Waals surface area (Å²) in [5.74, 6) is 5.33. The molecule has 3 rings (SSSR count). The van der Waals surface area contributed by atoms with Crippen LogP contribution in [0.1, 0.15) is 50.3 Å². The number of Topliss-reactive ketones (excluding diaryl/α,β-unsaturated/α-hetero) is 1. The Morgan fingerprint density at radius 2 is 2.00 bits per heavy atom. The van der Waals surface area contributed by atoms with Gasteiger partial charge in [0.1, 0.15) is 17.3 Å². The molecule has 1 saturated heterocycles. The van der Waals surface area contributed by atoms with Crippen molar-refractivity contribution < 1.29 is 28.3 Å². The van der Waals surface area contributed by atoms with Crippen LogP contribution in [0.3, 0.4) is 0 Å². The summed E-state index contributed by atoms with van der Waals surface area (Å²) in [5, 5.41) is 0. The highest BCUT2D eigenvalue weighted by atomic mass is 19.1. The van der Waals surface area contributed by atoms with Gasteiger partial charge >= 0.3 is 0 Å². The molecule has 0 aliphatic carbocycles. The summed E-state index contributed by atoms with van der Waals surface area (Å²) < 4.78 is 18.8. The number of ketones is 1. The number of amides is 2. The summed E-state index contributed by atoms with van der Waals surface area (Å²) in [6, 6.07) is 10.9. The number of likely N-dealkylation sites (tertiary alicyclic amines) is 1. The first-order chi connectivity index (χ1) is 17.2. The Morgan fingerprint density at radius 3 is 2.58 bits per heavy atom. The van der Waals surface area contributed by atoms with E-state index in [1.807, 2.05) is 6.92 Å². The Bertz CT molecular complexity index is 1140. The van der Waals surface area contributed by atoms with Gasteiger partial charge in [0.25, 0.3) is 5.91 Å². The number of ether oxygens (including phenoxy) is 1. The lowest BCUT2D eigenvalue weighted by Crippen LogP contribution is -2.56. The zero-order valence-electron chi connectivity index (χ0n) is 20.8. The number of hydrogen-bond acceptors (Lipinski definition) is 6. The Morgan fingerprint density at radius 1 is 1.31 bits per heavy atom. The Kier molecular flexibility index (Phi) is 8.60. The molecule has 2 unspecified atom stereocenters. The van der Waals surface area contributed by atoms with Crippen LogP contribution >= 0.6 is 0 Å². The number of nitrogens with zero attached hydrogens (tertiary/aromatic N) is 2. The number of anilines is 1. The van der Waals surface area contributed by atoms with Crippen molar-refractivity contribution in [3.05, 3.63) is 66.0 Å². The first-order valence-corrected chi connectivity index (χ1v) is 11.7. The van der Waals surface area contributed by atoms with Gasteiger partial charge in [-0.1, -0.05) is 24.8 Å². The topological polar surface area (TPSA) is 102 Å². The number of hydrogen-bond donors (Lipinski definition) is 1. The second-order valence-electron chi connectivity index (χ2n) is 9.04. The monoisotopic (exact) mass is 497 g/mol. The third-order valence-electron chi connectivity index (χ3n) is 6.59. The van der Waals surface area contributed by atoms with E-state index < -0.39 is 5.60 Å². The molecule has 192 valence electrons. The number of benzene rings is 2. The lowest BCUT2D eigenvalue weighted by atomic mass is 9.83. The number of nitrogens with two attached hydrogens (primary N) is 1. The first kappa shape index (κ1) is 27.0. The predicted molar refractivity (Wildman–Crippen MR) is 135 cm³/mol. The van der Waals surface area contributed by atoms with Gasteiger partial charge in [-0.05, 0) is 67.7 Å². The Balaban J connectivity index is 1.84. The third-order valence-corrected chi connectivity index (χ3v) is 6.59. The van der Waals surface area contributed by atoms with Crippen LogP contribution < -0.4 is 15.5 Å². The second kappa shape index (κ2) is 11.5. The number of carbonyl (C=O) groups excluding carboxylic acids is 3. The second-order valence-corrected chi connectivity index (χ2v) is 9.04. The summed E-state index contributed by atoms with van der Waals surface area (Å²) in [4.78, 5) is 45.0. The van der Waals surface area contributed by atoms with Crippen molar-refractivity contribution >= 4 is 29.4 Å². The van der Waals surface area contributed by atoms with Gasteiger partial charge in [0.2, 0.25) is 6.41 Å². The third kappa shape index (κ3) is 5.63. The van der Waals surface area contributed by atoms with Gasteiger partial charge in [0, 0.05) is 13.0 Å². The highest BCUT2D eigenvalue weighted by Gasteiger charge is 2.47. The Hall–Kier alpha value is -3.56. The van der Waals surface area contributed by atoms with E-state index >= 15 is 0 Å². The average molecular weight is 498 g/mol. The fourth-order valence-electron chi connectivity index (χ4n) is 4.61. The molecule has 2 aromatic rings. The molecule has 1 aliphatic heterocycles. The molecule has 0 aromatic heterocycles. The maximum absolute atomic E-state index is 13.6. The summed E-state index contributed by atoms with van der Waals surface area (Å²) >= 11 is 0. The van der Waals surface area contributed by atoms with Crippen LogP contribution in [0.4, 0.5) is 10.1 Å². The summed E-state index contributed by atoms with van der Waals surface area (Å²) in [6.45, 7) is 7.88. The minimum atomic E-state index is -1.31. The van der Waals surface area contributed by atoms with E-state index in [1.165, 1.54) is 31.1 Å². The molecule has 1 heterocycles. The van der Waals surface area contributed by atoms with Crippen molar-refractivity contribution in [1.29, 1.82) is 0 Å². The van der Waals surface area contributed by atoms with Gasteiger partial charge in [-0.2, -0.15) is 0 Å². The van der Waals surface area contributed by atoms with E-state index in [9.17, 15) is 18.8 Å². The number of piperidine rings is 1. The standard InChI is InChI=1S/C27H32FN3O5/c1-18(22-8-11-24(25(14-22)35-4)30(17-32)16-19(2)33)15-27(36-29)12-5-13-31(26(27)34)20(3)21-6-9-23(28)10-7-21/h6-11,14,17,20H,1,5,12-13,15-16,29H2,2-4H3. The normalized spacial score (nSPS) is 18.5. The molecule has 2 atom stereocenters. The van der Waals surface area contributed by atoms with Crippen molar-refractivity contribution in [2.24, 2.45) is 5.90 Å². The fourth-order valence-corrected chi connectivity index (χ4v) is 4.61. The van der Waals surface area contributed by atoms with E-state index in [2.05, 4.69) is 6.58 Å². The maximum Gasteiger partial charge on any atom is 0.257 e. The van der Waals surface area contributed by atoms with Gasteiger partial charge < -0.3 is 14.5 Å². The van der Waals surface area contributed by atoms with Crippen LogP contribution in [0, 0.1) is 5.82 Å². The average Bonchev–Trinajstić information content (AvgIpc) is 2.88. The van der Waals surface area contributed by atoms with E-state index in [0.717, 1.165) is 5.56 Å². The number of methoxy groups -OCH3 is 1. The van der Waals surface area contributed by atoms with E-state index in [1.54, 1.807) is 35.2 Å². The molecule has 0 saturated carbocycles. The molecule has 36 heavy (non-hydrogen) atoms. The minimum Gasteiger partial charge on any atom is -0.495 e. The number of halogens is 1. The molecule has 1 fully saturated rings. The lowest BCUT2D eigenvalue weighted by molar-refractivity contribution is -0.168. The van der Waals surface area contributed by atoms with Gasteiger partial charge in [0.05, 0.1) is 25.4 Å². The molecular formula is C27H32FN3O5. The van der Waals surface area contributed by atoms with Gasteiger partial charge in [-0.25, -0.2) is 10.3 Å². The fraction of sp³-hybridized carbons (Fsp3) is 0.370. The van der Waals surface area contributed by atoms with E-state index in [0.29, 0.717) is 48.4 Å². The SMILES string of the molecule is C=C(CC1(ON)CCCN(C(C)c2ccc(F)cc2)C1=O)c1ccc(N(C=O)CC(C)=O)c(OC)c1. The van der Waals surface area contributed by atoms with Crippen LogP contribution in [0.25, 0.3) is 5.57 Å². The predicted octanol–water partition coefficient (Wildman–Crippen LogP) is 3.80. The van der Waals surface area contributed by atoms with Crippen LogP contribution in [0.2, 0.25) is 0 Å². The molecule has 2 N–H and O–H groups in total. The summed E-state index contributed by atoms with van der Waals surface area (Å²) in [5.41, 5.74) is 1.22. The number of rotatable bonds is 11. The Labute approximate surface area is 210 Å².